The van der Waals surface area contributed by atoms with Crippen LogP contribution in [0.5, 0.6) is 0 Å². The van der Waals surface area contributed by atoms with E-state index in [4.69, 9.17) is 0 Å². The number of aromatic nitrogens is 2. The molecule has 0 fully saturated rings. The fraction of sp³-hybridized carbons (Fsp3) is 0.100. The summed E-state index contributed by atoms with van der Waals surface area (Å²) < 4.78 is 1.91. The van der Waals surface area contributed by atoms with Gasteiger partial charge in [-0.1, -0.05) is 36.4 Å². The Morgan fingerprint density at radius 1 is 1.04 bits per heavy atom. The van der Waals surface area contributed by atoms with E-state index in [1.165, 1.54) is 11.3 Å². The van der Waals surface area contributed by atoms with Crippen LogP contribution >= 0.6 is 11.3 Å². The summed E-state index contributed by atoms with van der Waals surface area (Å²) in [5, 5.41) is 5.65. The maximum atomic E-state index is 12.9. The Kier molecular flexibility index (Phi) is 3.86. The second-order valence-corrected chi connectivity index (χ2v) is 6.89. The third-order valence-corrected chi connectivity index (χ3v) is 5.30. The molecule has 0 aliphatic carbocycles. The van der Waals surface area contributed by atoms with Gasteiger partial charge in [-0.25, -0.2) is 4.68 Å². The predicted octanol–water partition coefficient (Wildman–Crippen LogP) is 4.67. The van der Waals surface area contributed by atoms with Crippen LogP contribution in [0.1, 0.15) is 15.4 Å². The molecule has 2 aromatic heterocycles. The highest BCUT2D eigenvalue weighted by Crippen LogP contribution is 2.31. The van der Waals surface area contributed by atoms with Gasteiger partial charge in [0.2, 0.25) is 0 Å². The van der Waals surface area contributed by atoms with Crippen LogP contribution in [0.2, 0.25) is 0 Å². The summed E-state index contributed by atoms with van der Waals surface area (Å²) in [6.45, 7) is 1.98. The molecule has 0 atom stereocenters. The van der Waals surface area contributed by atoms with E-state index in [9.17, 15) is 4.79 Å². The van der Waals surface area contributed by atoms with Crippen LogP contribution in [0, 0.1) is 6.92 Å². The van der Waals surface area contributed by atoms with Gasteiger partial charge in [-0.2, -0.15) is 5.10 Å². The molecule has 0 spiro atoms. The lowest BCUT2D eigenvalue weighted by Crippen LogP contribution is -2.25. The van der Waals surface area contributed by atoms with E-state index in [-0.39, 0.29) is 5.91 Å². The highest BCUT2D eigenvalue weighted by Gasteiger charge is 2.20. The average Bonchev–Trinajstić information content (AvgIpc) is 3.23. The molecule has 0 bridgehead atoms. The Balaban J connectivity index is 1.76. The van der Waals surface area contributed by atoms with Gasteiger partial charge < -0.3 is 4.90 Å². The van der Waals surface area contributed by atoms with Crippen LogP contribution in [0.3, 0.4) is 0 Å². The van der Waals surface area contributed by atoms with Gasteiger partial charge in [0, 0.05) is 18.1 Å². The molecule has 124 valence electrons. The minimum absolute atomic E-state index is 0.00795. The average molecular weight is 347 g/mol. The molecule has 0 aliphatic heterocycles. The molecule has 2 heterocycles. The molecule has 0 saturated carbocycles. The summed E-state index contributed by atoms with van der Waals surface area (Å²) >= 11 is 1.48. The van der Waals surface area contributed by atoms with Gasteiger partial charge in [0.05, 0.1) is 16.3 Å². The van der Waals surface area contributed by atoms with Crippen molar-refractivity contribution in [2.75, 3.05) is 11.9 Å². The van der Waals surface area contributed by atoms with Crippen molar-refractivity contribution in [3.63, 3.8) is 0 Å². The van der Waals surface area contributed by atoms with Crippen molar-refractivity contribution in [2.24, 2.45) is 0 Å². The zero-order valence-electron chi connectivity index (χ0n) is 14.0. The minimum Gasteiger partial charge on any atom is -0.311 e. The van der Waals surface area contributed by atoms with E-state index in [0.717, 1.165) is 27.3 Å². The number of para-hydroxylation sites is 2. The third kappa shape index (κ3) is 2.72. The van der Waals surface area contributed by atoms with Gasteiger partial charge in [0.25, 0.3) is 5.91 Å². The van der Waals surface area contributed by atoms with Crippen molar-refractivity contribution in [2.45, 2.75) is 6.92 Å². The smallest absolute Gasteiger partial charge is 0.268 e. The molecule has 0 unspecified atom stereocenters. The lowest BCUT2D eigenvalue weighted by molar-refractivity contribution is 0.0997. The van der Waals surface area contributed by atoms with Crippen molar-refractivity contribution in [1.82, 2.24) is 9.78 Å². The number of anilines is 1. The van der Waals surface area contributed by atoms with E-state index < -0.39 is 0 Å². The molecular formula is C20H17N3OS. The number of carbonyl (C=O) groups excluding carboxylic acids is 1. The van der Waals surface area contributed by atoms with Crippen LogP contribution in [-0.4, -0.2) is 22.7 Å². The molecule has 0 saturated heterocycles. The third-order valence-electron chi connectivity index (χ3n) is 4.20. The first kappa shape index (κ1) is 15.6. The molecule has 1 amide bonds. The molecule has 25 heavy (non-hydrogen) atoms. The first-order chi connectivity index (χ1) is 12.1. The maximum Gasteiger partial charge on any atom is 0.268 e. The van der Waals surface area contributed by atoms with E-state index in [0.29, 0.717) is 4.88 Å². The second-order valence-electron chi connectivity index (χ2n) is 5.86. The lowest BCUT2D eigenvalue weighted by Gasteiger charge is -2.16. The normalized spacial score (nSPS) is 11.0. The van der Waals surface area contributed by atoms with Crippen LogP contribution in [0.25, 0.3) is 15.9 Å². The summed E-state index contributed by atoms with van der Waals surface area (Å²) in [7, 11) is 1.80. The predicted molar refractivity (Wildman–Crippen MR) is 103 cm³/mol. The summed E-state index contributed by atoms with van der Waals surface area (Å²) in [5.74, 6) is -0.00795. The molecule has 0 N–H and O–H groups in total. The Morgan fingerprint density at radius 3 is 2.36 bits per heavy atom. The SMILES string of the molecule is Cc1nn(-c2ccccc2)c2sc(C(=O)N(C)c3ccccc3)cc12. The molecule has 4 nitrogen and oxygen atoms in total. The Morgan fingerprint density at radius 2 is 1.68 bits per heavy atom. The number of nitrogens with zero attached hydrogens (tertiary/aromatic N) is 3. The zero-order chi connectivity index (χ0) is 17.4. The summed E-state index contributed by atoms with van der Waals surface area (Å²) in [6.07, 6.45) is 0. The van der Waals surface area contributed by atoms with E-state index in [1.54, 1.807) is 11.9 Å². The van der Waals surface area contributed by atoms with E-state index in [1.807, 2.05) is 78.3 Å². The fourth-order valence-electron chi connectivity index (χ4n) is 2.83. The number of thiophene rings is 1. The molecule has 2 aromatic carbocycles. The van der Waals surface area contributed by atoms with Crippen LogP contribution in [-0.2, 0) is 0 Å². The number of rotatable bonds is 3. The Hall–Kier alpha value is -2.92. The summed E-state index contributed by atoms with van der Waals surface area (Å²) in [4.78, 5) is 16.3. The molecule has 0 aliphatic rings. The number of fused-ring (bicyclic) bond motifs is 1. The molecular weight excluding hydrogens is 330 g/mol. The number of amides is 1. The van der Waals surface area contributed by atoms with E-state index >= 15 is 0 Å². The molecule has 5 heteroatoms. The van der Waals surface area contributed by atoms with Crippen molar-refractivity contribution in [1.29, 1.82) is 0 Å². The highest BCUT2D eigenvalue weighted by atomic mass is 32.1. The summed E-state index contributed by atoms with van der Waals surface area (Å²) in [6, 6.07) is 21.6. The first-order valence-corrected chi connectivity index (χ1v) is 8.84. The lowest BCUT2D eigenvalue weighted by atomic mass is 10.2. The first-order valence-electron chi connectivity index (χ1n) is 8.03. The Bertz CT molecular complexity index is 1030. The number of carbonyl (C=O) groups is 1. The van der Waals surface area contributed by atoms with Crippen molar-refractivity contribution in [3.8, 4) is 5.69 Å². The molecule has 0 radical (unpaired) electrons. The van der Waals surface area contributed by atoms with Gasteiger partial charge in [-0.15, -0.1) is 11.3 Å². The number of aryl methyl sites for hydroxylation is 1. The van der Waals surface area contributed by atoms with Gasteiger partial charge in [-0.3, -0.25) is 4.79 Å². The van der Waals surface area contributed by atoms with Crippen LogP contribution in [0.4, 0.5) is 5.69 Å². The van der Waals surface area contributed by atoms with Gasteiger partial charge in [-0.05, 0) is 37.3 Å². The quantitative estimate of drug-likeness (QED) is 0.540. The highest BCUT2D eigenvalue weighted by molar-refractivity contribution is 7.20. The van der Waals surface area contributed by atoms with Crippen molar-refractivity contribution < 1.29 is 4.79 Å². The minimum atomic E-state index is -0.00795. The zero-order valence-corrected chi connectivity index (χ0v) is 14.8. The number of benzene rings is 2. The topological polar surface area (TPSA) is 38.1 Å². The van der Waals surface area contributed by atoms with E-state index in [2.05, 4.69) is 5.10 Å². The summed E-state index contributed by atoms with van der Waals surface area (Å²) in [5.41, 5.74) is 2.81. The number of hydrogen-bond donors (Lipinski definition) is 0. The van der Waals surface area contributed by atoms with Gasteiger partial charge >= 0.3 is 0 Å². The van der Waals surface area contributed by atoms with Crippen LogP contribution in [0.15, 0.2) is 66.7 Å². The maximum absolute atomic E-state index is 12.9. The standard InChI is InChI=1S/C20H17N3OS/c1-14-17-13-18(19(24)22(2)15-9-5-3-6-10-15)25-20(17)23(21-14)16-11-7-4-8-12-16/h3-13H,1-2H3. The Labute approximate surface area is 149 Å². The van der Waals surface area contributed by atoms with Crippen molar-refractivity contribution >= 4 is 33.1 Å². The fourth-order valence-corrected chi connectivity index (χ4v) is 3.99. The largest absolute Gasteiger partial charge is 0.311 e. The monoisotopic (exact) mass is 347 g/mol. The number of hydrogen-bond acceptors (Lipinski definition) is 3. The van der Waals surface area contributed by atoms with Gasteiger partial charge in [0.15, 0.2) is 0 Å². The molecule has 4 aromatic rings. The van der Waals surface area contributed by atoms with Gasteiger partial charge in [0.1, 0.15) is 4.83 Å². The van der Waals surface area contributed by atoms with Crippen molar-refractivity contribution in [3.05, 3.63) is 77.3 Å². The molecule has 4 rings (SSSR count). The second kappa shape index (κ2) is 6.18. The van der Waals surface area contributed by atoms with Crippen LogP contribution < -0.4 is 4.90 Å².